The summed E-state index contributed by atoms with van der Waals surface area (Å²) in [5, 5.41) is 3.24. The maximum absolute atomic E-state index is 9.22. The lowest BCUT2D eigenvalue weighted by Crippen LogP contribution is -2.38. The summed E-state index contributed by atoms with van der Waals surface area (Å²) in [6.07, 6.45) is 6.00. The van der Waals surface area contributed by atoms with E-state index < -0.39 is 10.4 Å². The molecule has 1 rings (SSSR count). The molecule has 0 atom stereocenters. The fourth-order valence-electron chi connectivity index (χ4n) is 0.996. The van der Waals surface area contributed by atoms with E-state index in [2.05, 4.69) is 33.0 Å². The van der Waals surface area contributed by atoms with Crippen molar-refractivity contribution in [3.63, 3.8) is 0 Å². The van der Waals surface area contributed by atoms with Crippen molar-refractivity contribution >= 4 is 10.4 Å². The number of pyridine rings is 1. The molecule has 0 aromatic carbocycles. The van der Waals surface area contributed by atoms with Crippen LogP contribution in [0.3, 0.4) is 0 Å². The standard InChI is InChI=1S/C10H15N2.CH4O4S/c1-2-6-11-7-10-12-8-4-3-5-9-12;1-5-6(2,3)4/h2-5,8-9,11H,1,6-7,10H2;1H3,(H,2,3,4)/q+1;/p-1. The Hall–Kier alpha value is -1.28. The summed E-state index contributed by atoms with van der Waals surface area (Å²) in [5.74, 6) is 0. The van der Waals surface area contributed by atoms with Gasteiger partial charge in [0, 0.05) is 18.7 Å². The third-order valence-electron chi connectivity index (χ3n) is 1.82. The molecule has 0 unspecified atom stereocenters. The molecule has 6 nitrogen and oxygen atoms in total. The molecule has 1 heterocycles. The Kier molecular flexibility index (Phi) is 9.03. The van der Waals surface area contributed by atoms with E-state index in [1.165, 1.54) is 0 Å². The fraction of sp³-hybridized carbons (Fsp3) is 0.364. The van der Waals surface area contributed by atoms with E-state index in [1.54, 1.807) is 0 Å². The average Bonchev–Trinajstić information content (AvgIpc) is 2.36. The minimum Gasteiger partial charge on any atom is -0.726 e. The number of nitrogens with one attached hydrogen (secondary N) is 1. The molecule has 0 aliphatic heterocycles. The lowest BCUT2D eigenvalue weighted by Gasteiger charge is -1.98. The highest BCUT2D eigenvalue weighted by atomic mass is 32.3. The molecular formula is C11H18N2O4S. The van der Waals surface area contributed by atoms with Gasteiger partial charge in [0.1, 0.15) is 0 Å². The van der Waals surface area contributed by atoms with Gasteiger partial charge < -0.3 is 9.87 Å². The van der Waals surface area contributed by atoms with Crippen LogP contribution in [-0.4, -0.2) is 33.2 Å². The minimum atomic E-state index is -4.41. The van der Waals surface area contributed by atoms with E-state index >= 15 is 0 Å². The molecule has 0 aliphatic carbocycles. The van der Waals surface area contributed by atoms with Crippen molar-refractivity contribution in [2.75, 3.05) is 20.2 Å². The van der Waals surface area contributed by atoms with Crippen molar-refractivity contribution in [1.29, 1.82) is 0 Å². The van der Waals surface area contributed by atoms with Crippen LogP contribution in [0.5, 0.6) is 0 Å². The summed E-state index contributed by atoms with van der Waals surface area (Å²) in [6, 6.07) is 6.09. The molecule has 102 valence electrons. The van der Waals surface area contributed by atoms with Crippen LogP contribution >= 0.6 is 0 Å². The van der Waals surface area contributed by atoms with Gasteiger partial charge in [-0.3, -0.25) is 4.18 Å². The van der Waals surface area contributed by atoms with Gasteiger partial charge in [-0.2, -0.15) is 0 Å². The van der Waals surface area contributed by atoms with Crippen LogP contribution in [0.4, 0.5) is 0 Å². The maximum Gasteiger partial charge on any atom is 0.217 e. The summed E-state index contributed by atoms with van der Waals surface area (Å²) in [6.45, 7) is 6.51. The van der Waals surface area contributed by atoms with Crippen molar-refractivity contribution in [3.05, 3.63) is 43.2 Å². The Morgan fingerprint density at radius 3 is 2.39 bits per heavy atom. The number of aromatic nitrogens is 1. The predicted molar refractivity (Wildman–Crippen MR) is 66.4 cm³/mol. The molecule has 1 N–H and O–H groups in total. The van der Waals surface area contributed by atoms with Gasteiger partial charge in [-0.15, -0.1) is 6.58 Å². The molecule has 1 aromatic heterocycles. The zero-order valence-electron chi connectivity index (χ0n) is 10.3. The lowest BCUT2D eigenvalue weighted by molar-refractivity contribution is -0.695. The molecule has 0 saturated carbocycles. The summed E-state index contributed by atoms with van der Waals surface area (Å²) >= 11 is 0. The highest BCUT2D eigenvalue weighted by Gasteiger charge is 1.94. The molecule has 0 amide bonds. The molecule has 0 aliphatic rings. The predicted octanol–water partition coefficient (Wildman–Crippen LogP) is -0.157. The number of hydrogen-bond donors (Lipinski definition) is 1. The van der Waals surface area contributed by atoms with E-state index in [0.717, 1.165) is 26.7 Å². The van der Waals surface area contributed by atoms with Crippen LogP contribution in [0, 0.1) is 0 Å². The average molecular weight is 274 g/mol. The van der Waals surface area contributed by atoms with Gasteiger partial charge >= 0.3 is 0 Å². The first-order valence-corrected chi connectivity index (χ1v) is 6.60. The number of hydrogen-bond acceptors (Lipinski definition) is 5. The van der Waals surface area contributed by atoms with Gasteiger partial charge in [0.2, 0.25) is 10.4 Å². The van der Waals surface area contributed by atoms with E-state index in [0.29, 0.717) is 0 Å². The largest absolute Gasteiger partial charge is 0.726 e. The second-order valence-corrected chi connectivity index (χ2v) is 4.33. The van der Waals surface area contributed by atoms with Gasteiger partial charge in [-0.1, -0.05) is 12.1 Å². The highest BCUT2D eigenvalue weighted by molar-refractivity contribution is 7.80. The molecule has 0 bridgehead atoms. The second-order valence-electron chi connectivity index (χ2n) is 3.18. The van der Waals surface area contributed by atoms with Gasteiger partial charge in [-0.05, 0) is 0 Å². The Labute approximate surface area is 108 Å². The molecule has 0 spiro atoms. The smallest absolute Gasteiger partial charge is 0.217 e. The Morgan fingerprint density at radius 2 is 1.94 bits per heavy atom. The second kappa shape index (κ2) is 9.72. The zero-order valence-corrected chi connectivity index (χ0v) is 11.1. The van der Waals surface area contributed by atoms with E-state index in [1.807, 2.05) is 24.3 Å². The third kappa shape index (κ3) is 11.2. The van der Waals surface area contributed by atoms with E-state index in [9.17, 15) is 13.0 Å². The summed E-state index contributed by atoms with van der Waals surface area (Å²) in [5.41, 5.74) is 0. The number of rotatable bonds is 6. The molecule has 0 radical (unpaired) electrons. The highest BCUT2D eigenvalue weighted by Crippen LogP contribution is 1.76. The molecule has 7 heteroatoms. The maximum atomic E-state index is 9.22. The summed E-state index contributed by atoms with van der Waals surface area (Å²) in [4.78, 5) is 0. The Morgan fingerprint density at radius 1 is 1.39 bits per heavy atom. The van der Waals surface area contributed by atoms with Crippen molar-refractivity contribution in [3.8, 4) is 0 Å². The molecule has 1 aromatic rings. The van der Waals surface area contributed by atoms with Crippen LogP contribution in [0.25, 0.3) is 0 Å². The van der Waals surface area contributed by atoms with E-state index in [-0.39, 0.29) is 0 Å². The van der Waals surface area contributed by atoms with Crippen LogP contribution in [0.15, 0.2) is 43.2 Å². The molecule has 18 heavy (non-hydrogen) atoms. The third-order valence-corrected chi connectivity index (χ3v) is 2.23. The number of nitrogens with zero attached hydrogens (tertiary/aromatic N) is 1. The van der Waals surface area contributed by atoms with Crippen molar-refractivity contribution in [2.45, 2.75) is 6.54 Å². The Bertz CT molecular complexity index is 420. The first kappa shape index (κ1) is 16.7. The Balaban J connectivity index is 0.000000411. The van der Waals surface area contributed by atoms with Gasteiger partial charge in [0.15, 0.2) is 18.9 Å². The van der Waals surface area contributed by atoms with Gasteiger partial charge in [0.05, 0.1) is 13.7 Å². The van der Waals surface area contributed by atoms with E-state index in [4.69, 9.17) is 0 Å². The zero-order chi connectivity index (χ0) is 13.9. The quantitative estimate of drug-likeness (QED) is 0.256. The normalized spacial score (nSPS) is 10.3. The van der Waals surface area contributed by atoms with Crippen LogP contribution in [0.1, 0.15) is 0 Å². The monoisotopic (exact) mass is 274 g/mol. The van der Waals surface area contributed by atoms with Crippen LogP contribution in [0.2, 0.25) is 0 Å². The molecular weight excluding hydrogens is 256 g/mol. The minimum absolute atomic E-state index is 0.808. The van der Waals surface area contributed by atoms with Crippen molar-refractivity contribution in [2.24, 2.45) is 0 Å². The first-order valence-electron chi connectivity index (χ1n) is 5.26. The van der Waals surface area contributed by atoms with Crippen molar-refractivity contribution in [1.82, 2.24) is 5.32 Å². The van der Waals surface area contributed by atoms with Crippen LogP contribution < -0.4 is 9.88 Å². The summed E-state index contributed by atoms with van der Waals surface area (Å²) in [7, 11) is -3.60. The SMILES string of the molecule is C=CCNCC[n+]1ccccc1.COS(=O)(=O)[O-]. The van der Waals surface area contributed by atoms with Crippen molar-refractivity contribution < 1.29 is 21.7 Å². The lowest BCUT2D eigenvalue weighted by atomic mass is 10.4. The van der Waals surface area contributed by atoms with Crippen LogP contribution in [-0.2, 0) is 21.1 Å². The fourth-order valence-corrected chi connectivity index (χ4v) is 0.996. The van der Waals surface area contributed by atoms with Gasteiger partial charge in [0.25, 0.3) is 0 Å². The summed E-state index contributed by atoms with van der Waals surface area (Å²) < 4.78 is 33.2. The topological polar surface area (TPSA) is 82.3 Å². The molecule has 0 saturated heterocycles. The van der Waals surface area contributed by atoms with Gasteiger partial charge in [-0.25, -0.2) is 13.0 Å². The molecule has 0 fully saturated rings. The first-order chi connectivity index (χ1) is 8.49.